The lowest BCUT2D eigenvalue weighted by molar-refractivity contribution is -0.120. The maximum Gasteiger partial charge on any atom is 0.407 e. The largest absolute Gasteiger partial charge is 0.449 e. The summed E-state index contributed by atoms with van der Waals surface area (Å²) >= 11 is 0. The van der Waals surface area contributed by atoms with Crippen molar-refractivity contribution in [2.24, 2.45) is 5.73 Å². The lowest BCUT2D eigenvalue weighted by Crippen LogP contribution is -2.45. The van der Waals surface area contributed by atoms with Gasteiger partial charge in [-0.3, -0.25) is 4.79 Å². The van der Waals surface area contributed by atoms with E-state index >= 15 is 0 Å². The molecule has 1 atom stereocenters. The molecular formula is C29H34N4O4. The summed E-state index contributed by atoms with van der Waals surface area (Å²) in [5.41, 5.74) is 12.0. The molecule has 0 saturated heterocycles. The first-order valence-electron chi connectivity index (χ1n) is 12.6. The molecule has 0 fully saturated rings. The van der Waals surface area contributed by atoms with Gasteiger partial charge in [0.05, 0.1) is 6.61 Å². The fourth-order valence-electron chi connectivity index (χ4n) is 4.64. The van der Waals surface area contributed by atoms with E-state index in [0.29, 0.717) is 19.5 Å². The predicted octanol–water partition coefficient (Wildman–Crippen LogP) is 3.35. The lowest BCUT2D eigenvalue weighted by Gasteiger charge is -2.20. The number of amides is 2. The summed E-state index contributed by atoms with van der Waals surface area (Å²) in [5, 5.41) is 18.0. The van der Waals surface area contributed by atoms with Gasteiger partial charge < -0.3 is 31.5 Å². The number of fused-ring (bicyclic) bond motifs is 3. The van der Waals surface area contributed by atoms with Crippen LogP contribution in [0.5, 0.6) is 0 Å². The molecule has 0 spiro atoms. The van der Waals surface area contributed by atoms with Crippen molar-refractivity contribution in [2.75, 3.05) is 31.6 Å². The number of alkyl carbamates (subject to hydrolysis) is 1. The van der Waals surface area contributed by atoms with Gasteiger partial charge in [0.1, 0.15) is 13.2 Å². The van der Waals surface area contributed by atoms with Crippen molar-refractivity contribution in [3.8, 4) is 11.1 Å². The number of rotatable bonds is 12. The molecule has 0 bridgehead atoms. The van der Waals surface area contributed by atoms with Crippen LogP contribution in [0.4, 0.5) is 10.5 Å². The molecule has 0 aromatic heterocycles. The number of ether oxygens (including phenoxy) is 1. The zero-order valence-corrected chi connectivity index (χ0v) is 20.8. The van der Waals surface area contributed by atoms with Gasteiger partial charge in [0, 0.05) is 24.2 Å². The Labute approximate surface area is 217 Å². The van der Waals surface area contributed by atoms with Gasteiger partial charge >= 0.3 is 6.09 Å². The number of hydrogen-bond donors (Lipinski definition) is 5. The maximum atomic E-state index is 12.5. The molecule has 37 heavy (non-hydrogen) atoms. The van der Waals surface area contributed by atoms with E-state index in [4.69, 9.17) is 10.5 Å². The van der Waals surface area contributed by atoms with E-state index in [2.05, 4.69) is 40.2 Å². The molecule has 0 heterocycles. The van der Waals surface area contributed by atoms with Crippen molar-refractivity contribution in [3.05, 3.63) is 89.5 Å². The summed E-state index contributed by atoms with van der Waals surface area (Å²) in [7, 11) is 0. The molecule has 1 aliphatic carbocycles. The van der Waals surface area contributed by atoms with E-state index in [1.807, 2.05) is 48.5 Å². The number of benzene rings is 3. The van der Waals surface area contributed by atoms with Crippen molar-refractivity contribution < 1.29 is 19.4 Å². The second kappa shape index (κ2) is 12.9. The number of aliphatic hydroxyl groups excluding tert-OH is 1. The molecule has 0 saturated carbocycles. The summed E-state index contributed by atoms with van der Waals surface area (Å²) in [5.74, 6) is -0.335. The molecule has 8 heteroatoms. The van der Waals surface area contributed by atoms with E-state index in [0.717, 1.165) is 39.9 Å². The fraction of sp³-hybridized carbons (Fsp3) is 0.310. The highest BCUT2D eigenvalue weighted by molar-refractivity contribution is 5.82. The number of hydrogen-bond acceptors (Lipinski definition) is 6. The van der Waals surface area contributed by atoms with Crippen LogP contribution in [0.25, 0.3) is 11.1 Å². The van der Waals surface area contributed by atoms with Crippen LogP contribution in [0.15, 0.2) is 72.8 Å². The van der Waals surface area contributed by atoms with Gasteiger partial charge in [-0.25, -0.2) is 4.79 Å². The highest BCUT2D eigenvalue weighted by Crippen LogP contribution is 2.44. The molecule has 194 valence electrons. The van der Waals surface area contributed by atoms with Gasteiger partial charge in [-0.05, 0) is 59.3 Å². The molecule has 2 amide bonds. The molecule has 3 aromatic carbocycles. The zero-order chi connectivity index (χ0) is 26.0. The average Bonchev–Trinajstić information content (AvgIpc) is 3.26. The van der Waals surface area contributed by atoms with Crippen LogP contribution in [0.2, 0.25) is 0 Å². The van der Waals surface area contributed by atoms with Gasteiger partial charge in [0.25, 0.3) is 0 Å². The molecule has 0 aliphatic heterocycles. The monoisotopic (exact) mass is 502 g/mol. The first-order valence-corrected chi connectivity index (χ1v) is 12.6. The number of aliphatic hydroxyl groups is 1. The Kier molecular flexibility index (Phi) is 9.13. The average molecular weight is 503 g/mol. The summed E-state index contributed by atoms with van der Waals surface area (Å²) in [6.45, 7) is 1.04. The van der Waals surface area contributed by atoms with Crippen LogP contribution in [-0.4, -0.2) is 49.4 Å². The number of nitrogens with one attached hydrogen (secondary N) is 3. The maximum absolute atomic E-state index is 12.5. The van der Waals surface area contributed by atoms with Gasteiger partial charge in [0.15, 0.2) is 0 Å². The normalized spacial score (nSPS) is 12.8. The fourth-order valence-corrected chi connectivity index (χ4v) is 4.64. The zero-order valence-electron chi connectivity index (χ0n) is 20.8. The Bertz CT molecular complexity index is 1150. The van der Waals surface area contributed by atoms with Crippen LogP contribution >= 0.6 is 0 Å². The summed E-state index contributed by atoms with van der Waals surface area (Å²) in [6, 6.07) is 23.6. The molecule has 6 N–H and O–H groups in total. The van der Waals surface area contributed by atoms with Crippen molar-refractivity contribution >= 4 is 17.7 Å². The Hall–Kier alpha value is -3.88. The van der Waals surface area contributed by atoms with Gasteiger partial charge in [0.2, 0.25) is 5.91 Å². The molecule has 1 aliphatic rings. The second-order valence-corrected chi connectivity index (χ2v) is 9.11. The topological polar surface area (TPSA) is 126 Å². The summed E-state index contributed by atoms with van der Waals surface area (Å²) < 4.78 is 5.51. The van der Waals surface area contributed by atoms with Crippen molar-refractivity contribution in [2.45, 2.75) is 31.4 Å². The molecule has 0 radical (unpaired) electrons. The minimum absolute atomic E-state index is 0.00780. The van der Waals surface area contributed by atoms with Gasteiger partial charge in [-0.1, -0.05) is 60.7 Å². The predicted molar refractivity (Wildman–Crippen MR) is 144 cm³/mol. The number of carbonyl (C=O) groups excluding carboxylic acids is 2. The molecule has 1 unspecified atom stereocenters. The third-order valence-corrected chi connectivity index (χ3v) is 6.55. The van der Waals surface area contributed by atoms with Gasteiger partial charge in [-0.15, -0.1) is 0 Å². The van der Waals surface area contributed by atoms with Crippen molar-refractivity contribution in [1.29, 1.82) is 0 Å². The Morgan fingerprint density at radius 3 is 2.22 bits per heavy atom. The highest BCUT2D eigenvalue weighted by Gasteiger charge is 2.29. The van der Waals surface area contributed by atoms with Crippen LogP contribution in [0.3, 0.4) is 0 Å². The SMILES string of the molecule is NCCCC(CNc1ccc(CO)cc1)NC(=O)CNC(=O)OCC1c2ccccc2-c2ccccc21. The summed E-state index contributed by atoms with van der Waals surface area (Å²) in [4.78, 5) is 24.9. The Balaban J connectivity index is 1.24. The standard InChI is InChI=1S/C29H34N4O4/c30-15-5-6-22(16-31-21-13-11-20(18-34)12-14-21)33-28(35)17-32-29(36)37-19-27-25-9-3-1-7-23(25)24-8-2-4-10-26(24)27/h1-4,7-14,22,27,31,34H,5-6,15-19,30H2,(H,32,36)(H,33,35). The van der Waals surface area contributed by atoms with Crippen LogP contribution in [-0.2, 0) is 16.1 Å². The van der Waals surface area contributed by atoms with E-state index in [1.54, 1.807) is 0 Å². The minimum Gasteiger partial charge on any atom is -0.449 e. The number of nitrogens with two attached hydrogens (primary N) is 1. The number of anilines is 1. The van der Waals surface area contributed by atoms with Crippen LogP contribution < -0.4 is 21.7 Å². The number of carbonyl (C=O) groups is 2. The van der Waals surface area contributed by atoms with Crippen LogP contribution in [0.1, 0.15) is 35.4 Å². The Morgan fingerprint density at radius 1 is 0.946 bits per heavy atom. The molecular weight excluding hydrogens is 468 g/mol. The van der Waals surface area contributed by atoms with E-state index in [1.165, 1.54) is 0 Å². The third kappa shape index (κ3) is 6.87. The van der Waals surface area contributed by atoms with E-state index in [9.17, 15) is 14.7 Å². The Morgan fingerprint density at radius 2 is 1.59 bits per heavy atom. The first-order chi connectivity index (χ1) is 18.1. The molecule has 3 aromatic rings. The smallest absolute Gasteiger partial charge is 0.407 e. The quantitative estimate of drug-likeness (QED) is 0.259. The summed E-state index contributed by atoms with van der Waals surface area (Å²) in [6.07, 6.45) is 0.836. The minimum atomic E-state index is -0.627. The van der Waals surface area contributed by atoms with Crippen molar-refractivity contribution in [1.82, 2.24) is 10.6 Å². The van der Waals surface area contributed by atoms with E-state index < -0.39 is 6.09 Å². The first kappa shape index (κ1) is 26.2. The van der Waals surface area contributed by atoms with Crippen LogP contribution in [0, 0.1) is 0 Å². The molecule has 8 nitrogen and oxygen atoms in total. The van der Waals surface area contributed by atoms with Crippen molar-refractivity contribution in [3.63, 3.8) is 0 Å². The lowest BCUT2D eigenvalue weighted by atomic mass is 9.98. The molecule has 4 rings (SSSR count). The van der Waals surface area contributed by atoms with E-state index in [-0.39, 0.29) is 37.6 Å². The third-order valence-electron chi connectivity index (χ3n) is 6.55. The van der Waals surface area contributed by atoms with Gasteiger partial charge in [-0.2, -0.15) is 0 Å². The second-order valence-electron chi connectivity index (χ2n) is 9.11. The highest BCUT2D eigenvalue weighted by atomic mass is 16.5.